The minimum absolute atomic E-state index is 0.283. The molecule has 1 aromatic carbocycles. The van der Waals surface area contributed by atoms with Crippen molar-refractivity contribution in [3.8, 4) is 0 Å². The summed E-state index contributed by atoms with van der Waals surface area (Å²) in [4.78, 5) is 11.8. The number of likely N-dealkylation sites (N-methyl/N-ethyl adjacent to an activating group) is 1. The Hall–Kier alpha value is -2.61. The van der Waals surface area contributed by atoms with Gasteiger partial charge in [0.2, 0.25) is 0 Å². The van der Waals surface area contributed by atoms with Gasteiger partial charge in [-0.2, -0.15) is 5.10 Å². The number of nitrogens with one attached hydrogen (secondary N) is 2. The summed E-state index contributed by atoms with van der Waals surface area (Å²) in [6.45, 7) is 11.1. The van der Waals surface area contributed by atoms with Gasteiger partial charge in [0.15, 0.2) is 11.8 Å². The Bertz CT molecular complexity index is 833. The van der Waals surface area contributed by atoms with Gasteiger partial charge in [0, 0.05) is 44.9 Å². The summed E-state index contributed by atoms with van der Waals surface area (Å²) in [7, 11) is 1.67. The molecule has 0 amide bonds. The summed E-state index contributed by atoms with van der Waals surface area (Å²) in [5.74, 6) is 2.66. The fourth-order valence-electron chi connectivity index (χ4n) is 3.83. The lowest BCUT2D eigenvalue weighted by atomic mass is 10.1. The zero-order valence-electron chi connectivity index (χ0n) is 18.7. The van der Waals surface area contributed by atoms with E-state index in [0.717, 1.165) is 63.2 Å². The predicted octanol–water partition coefficient (Wildman–Crippen LogP) is 2.13. The highest BCUT2D eigenvalue weighted by Gasteiger charge is 2.22. The van der Waals surface area contributed by atoms with Crippen molar-refractivity contribution in [2.75, 3.05) is 38.2 Å². The molecule has 0 bridgehead atoms. The topological polar surface area (TPSA) is 79.6 Å². The summed E-state index contributed by atoms with van der Waals surface area (Å²) < 4.78 is 7.15. The number of para-hydroxylation sites is 1. The monoisotopic (exact) mass is 413 g/mol. The maximum atomic E-state index is 5.15. The average Bonchev–Trinajstić information content (AvgIpc) is 3.14. The summed E-state index contributed by atoms with van der Waals surface area (Å²) >= 11 is 0. The van der Waals surface area contributed by atoms with E-state index in [0.29, 0.717) is 6.61 Å². The molecule has 8 heteroatoms. The van der Waals surface area contributed by atoms with Gasteiger partial charge in [-0.1, -0.05) is 18.2 Å². The minimum atomic E-state index is 0.283. The largest absolute Gasteiger partial charge is 0.377 e. The van der Waals surface area contributed by atoms with Crippen molar-refractivity contribution in [3.63, 3.8) is 0 Å². The lowest BCUT2D eigenvalue weighted by molar-refractivity contribution is 0.177. The zero-order valence-corrected chi connectivity index (χ0v) is 18.7. The highest BCUT2D eigenvalue weighted by Crippen LogP contribution is 2.18. The van der Waals surface area contributed by atoms with Crippen LogP contribution in [0.1, 0.15) is 37.5 Å². The quantitative estimate of drug-likeness (QED) is 0.484. The molecule has 2 N–H and O–H groups in total. The van der Waals surface area contributed by atoms with Crippen molar-refractivity contribution in [3.05, 3.63) is 41.5 Å². The van der Waals surface area contributed by atoms with Crippen LogP contribution in [0.4, 0.5) is 5.69 Å². The highest BCUT2D eigenvalue weighted by atomic mass is 16.5. The van der Waals surface area contributed by atoms with Gasteiger partial charge >= 0.3 is 0 Å². The van der Waals surface area contributed by atoms with Gasteiger partial charge in [-0.05, 0) is 38.8 Å². The Morgan fingerprint density at radius 2 is 2.17 bits per heavy atom. The van der Waals surface area contributed by atoms with E-state index in [1.165, 1.54) is 11.3 Å². The molecule has 2 aromatic rings. The third kappa shape index (κ3) is 5.72. The van der Waals surface area contributed by atoms with Crippen LogP contribution in [0.5, 0.6) is 0 Å². The van der Waals surface area contributed by atoms with Crippen LogP contribution in [0.15, 0.2) is 29.3 Å². The van der Waals surface area contributed by atoms with Gasteiger partial charge in [-0.3, -0.25) is 4.99 Å². The molecule has 0 radical (unpaired) electrons. The highest BCUT2D eigenvalue weighted by molar-refractivity contribution is 5.80. The molecule has 164 valence electrons. The molecular weight excluding hydrogens is 378 g/mol. The number of hydrogen-bond donors (Lipinski definition) is 2. The van der Waals surface area contributed by atoms with Gasteiger partial charge in [0.25, 0.3) is 0 Å². The Balaban J connectivity index is 1.58. The number of rotatable bonds is 9. The first-order chi connectivity index (χ1) is 14.6. The van der Waals surface area contributed by atoms with E-state index in [1.54, 1.807) is 7.11 Å². The Labute approximate surface area is 179 Å². The number of ether oxygens (including phenoxy) is 1. The molecule has 30 heavy (non-hydrogen) atoms. The third-order valence-electron chi connectivity index (χ3n) is 5.34. The van der Waals surface area contributed by atoms with Crippen molar-refractivity contribution < 1.29 is 4.74 Å². The summed E-state index contributed by atoms with van der Waals surface area (Å²) in [6.07, 6.45) is 1.92. The lowest BCUT2D eigenvalue weighted by Gasteiger charge is -2.26. The van der Waals surface area contributed by atoms with E-state index in [9.17, 15) is 0 Å². The normalized spacial score (nSPS) is 16.3. The maximum absolute atomic E-state index is 5.15. The zero-order chi connectivity index (χ0) is 21.3. The second-order valence-electron chi connectivity index (χ2n) is 7.57. The standard InChI is InChI=1S/C22H35N7O/c1-5-23-22(24-13-14-28(6-2)19-10-8-7-9-17(19)3)25-18-11-12-21-26-20(16-30-4)27-29(21)15-18/h7-10,18H,5-6,11-16H2,1-4H3,(H2,23,24,25). The molecular formula is C22H35N7O. The summed E-state index contributed by atoms with van der Waals surface area (Å²) in [5.41, 5.74) is 2.58. The van der Waals surface area contributed by atoms with Crippen LogP contribution in [-0.4, -0.2) is 60.1 Å². The first kappa shape index (κ1) is 22.1. The van der Waals surface area contributed by atoms with E-state index in [4.69, 9.17) is 9.73 Å². The number of fused-ring (bicyclic) bond motifs is 1. The van der Waals surface area contributed by atoms with Crippen molar-refractivity contribution in [2.24, 2.45) is 4.99 Å². The maximum Gasteiger partial charge on any atom is 0.191 e. The molecule has 1 aromatic heterocycles. The first-order valence-corrected chi connectivity index (χ1v) is 10.9. The van der Waals surface area contributed by atoms with Crippen LogP contribution < -0.4 is 15.5 Å². The molecule has 3 rings (SSSR count). The molecule has 0 saturated carbocycles. The molecule has 0 fully saturated rings. The van der Waals surface area contributed by atoms with Gasteiger partial charge in [-0.15, -0.1) is 0 Å². The number of nitrogens with zero attached hydrogens (tertiary/aromatic N) is 5. The van der Waals surface area contributed by atoms with Crippen molar-refractivity contribution in [2.45, 2.75) is 52.8 Å². The first-order valence-electron chi connectivity index (χ1n) is 10.9. The van der Waals surface area contributed by atoms with Gasteiger partial charge in [0.05, 0.1) is 13.1 Å². The molecule has 1 aliphatic heterocycles. The molecule has 1 aliphatic rings. The van der Waals surface area contributed by atoms with Crippen molar-refractivity contribution in [1.29, 1.82) is 0 Å². The Kier molecular flexibility index (Phi) is 8.07. The number of aryl methyl sites for hydroxylation is 2. The van der Waals surface area contributed by atoms with Gasteiger partial charge < -0.3 is 20.3 Å². The lowest BCUT2D eigenvalue weighted by Crippen LogP contribution is -2.47. The molecule has 1 unspecified atom stereocenters. The molecule has 0 aliphatic carbocycles. The fraction of sp³-hybridized carbons (Fsp3) is 0.591. The van der Waals surface area contributed by atoms with Crippen LogP contribution in [0.25, 0.3) is 0 Å². The van der Waals surface area contributed by atoms with E-state index in [-0.39, 0.29) is 6.04 Å². The summed E-state index contributed by atoms with van der Waals surface area (Å²) in [5, 5.41) is 11.5. The van der Waals surface area contributed by atoms with E-state index < -0.39 is 0 Å². The minimum Gasteiger partial charge on any atom is -0.377 e. The van der Waals surface area contributed by atoms with Crippen molar-refractivity contribution >= 4 is 11.6 Å². The molecule has 0 spiro atoms. The average molecular weight is 414 g/mol. The SMILES string of the molecule is CCNC(=NCCN(CC)c1ccccc1C)NC1CCc2nc(COC)nn2C1. The van der Waals surface area contributed by atoms with Gasteiger partial charge in [-0.25, -0.2) is 9.67 Å². The van der Waals surface area contributed by atoms with E-state index in [1.807, 2.05) is 4.68 Å². The number of methoxy groups -OCH3 is 1. The second-order valence-corrected chi connectivity index (χ2v) is 7.57. The van der Waals surface area contributed by atoms with Gasteiger partial charge in [0.1, 0.15) is 12.4 Å². The predicted molar refractivity (Wildman–Crippen MR) is 121 cm³/mol. The third-order valence-corrected chi connectivity index (χ3v) is 5.34. The molecule has 1 atom stereocenters. The summed E-state index contributed by atoms with van der Waals surface area (Å²) in [6, 6.07) is 8.81. The number of hydrogen-bond acceptors (Lipinski definition) is 5. The molecule has 2 heterocycles. The van der Waals surface area contributed by atoms with E-state index in [2.05, 4.69) is 70.7 Å². The Morgan fingerprint density at radius 1 is 1.33 bits per heavy atom. The van der Waals surface area contributed by atoms with Crippen LogP contribution in [0.2, 0.25) is 0 Å². The number of aromatic nitrogens is 3. The number of guanidine groups is 1. The fourth-order valence-corrected chi connectivity index (χ4v) is 3.83. The number of anilines is 1. The van der Waals surface area contributed by atoms with Crippen LogP contribution in [0, 0.1) is 6.92 Å². The van der Waals surface area contributed by atoms with Crippen molar-refractivity contribution in [1.82, 2.24) is 25.4 Å². The number of benzene rings is 1. The van der Waals surface area contributed by atoms with Crippen LogP contribution >= 0.6 is 0 Å². The van der Waals surface area contributed by atoms with Crippen LogP contribution in [-0.2, 0) is 24.3 Å². The molecule has 8 nitrogen and oxygen atoms in total. The smallest absolute Gasteiger partial charge is 0.191 e. The van der Waals surface area contributed by atoms with E-state index >= 15 is 0 Å². The Morgan fingerprint density at radius 3 is 2.90 bits per heavy atom. The number of aliphatic imine (C=N–C) groups is 1. The van der Waals surface area contributed by atoms with Crippen LogP contribution in [0.3, 0.4) is 0 Å². The molecule has 0 saturated heterocycles. The second kappa shape index (κ2) is 11.0.